The minimum absolute atomic E-state index is 0.677. The van der Waals surface area contributed by atoms with Gasteiger partial charge in [0, 0.05) is 13.2 Å². The molecule has 1 nitrogen and oxygen atoms in total. The van der Waals surface area contributed by atoms with Gasteiger partial charge >= 0.3 is 0 Å². The summed E-state index contributed by atoms with van der Waals surface area (Å²) >= 11 is 0. The first-order valence-electron chi connectivity index (χ1n) is 11.3. The number of hydrogen-bond acceptors (Lipinski definition) is 1. The predicted molar refractivity (Wildman–Crippen MR) is 110 cm³/mol. The molecule has 146 valence electrons. The van der Waals surface area contributed by atoms with Gasteiger partial charge in [-0.15, -0.1) is 0 Å². The third-order valence-electron chi connectivity index (χ3n) is 4.84. The Hall–Kier alpha value is -0.0400. The lowest BCUT2D eigenvalue weighted by Gasteiger charge is -2.06. The minimum Gasteiger partial charge on any atom is -0.381 e. The van der Waals surface area contributed by atoms with E-state index >= 15 is 0 Å². The van der Waals surface area contributed by atoms with E-state index in [9.17, 15) is 0 Å². The van der Waals surface area contributed by atoms with E-state index in [1.807, 2.05) is 0 Å². The Morgan fingerprint density at radius 1 is 0.500 bits per heavy atom. The fourth-order valence-corrected chi connectivity index (χ4v) is 3.25. The van der Waals surface area contributed by atoms with Crippen molar-refractivity contribution in [2.24, 2.45) is 5.92 Å². The van der Waals surface area contributed by atoms with E-state index in [0.717, 1.165) is 13.2 Å². The SMILES string of the molecule is CCCCCCCCCCCCCCCCCCCOCC(C)C. The van der Waals surface area contributed by atoms with Gasteiger partial charge in [-0.3, -0.25) is 0 Å². The second-order valence-corrected chi connectivity index (χ2v) is 8.13. The van der Waals surface area contributed by atoms with Crippen LogP contribution in [0.1, 0.15) is 130 Å². The Morgan fingerprint density at radius 2 is 0.833 bits per heavy atom. The van der Waals surface area contributed by atoms with Crippen molar-refractivity contribution in [3.05, 3.63) is 0 Å². The summed E-state index contributed by atoms with van der Waals surface area (Å²) in [6.45, 7) is 8.63. The fraction of sp³-hybridized carbons (Fsp3) is 1.00. The van der Waals surface area contributed by atoms with Gasteiger partial charge in [0.05, 0.1) is 0 Å². The third-order valence-corrected chi connectivity index (χ3v) is 4.84. The van der Waals surface area contributed by atoms with Crippen LogP contribution in [0.3, 0.4) is 0 Å². The van der Waals surface area contributed by atoms with Crippen molar-refractivity contribution in [2.45, 2.75) is 130 Å². The molecule has 0 aromatic rings. The molecule has 0 aromatic carbocycles. The summed E-state index contributed by atoms with van der Waals surface area (Å²) in [6, 6.07) is 0. The Kier molecular flexibility index (Phi) is 21.0. The Balaban J connectivity index is 2.95. The van der Waals surface area contributed by atoms with E-state index in [1.165, 1.54) is 109 Å². The highest BCUT2D eigenvalue weighted by Gasteiger charge is 1.96. The molecular weight excluding hydrogens is 292 g/mol. The first-order valence-corrected chi connectivity index (χ1v) is 11.3. The van der Waals surface area contributed by atoms with Gasteiger partial charge in [0.25, 0.3) is 0 Å². The summed E-state index contributed by atoms with van der Waals surface area (Å²) in [5.41, 5.74) is 0. The van der Waals surface area contributed by atoms with Gasteiger partial charge in [0.1, 0.15) is 0 Å². The standard InChI is InChI=1S/C23H48O/c1-4-5-6-7-8-9-10-11-12-13-14-15-16-17-18-19-20-21-24-22-23(2)3/h23H,4-22H2,1-3H3. The van der Waals surface area contributed by atoms with E-state index in [2.05, 4.69) is 20.8 Å². The minimum atomic E-state index is 0.677. The molecule has 0 aliphatic heterocycles. The number of unbranched alkanes of at least 4 members (excludes halogenated alkanes) is 16. The average molecular weight is 341 g/mol. The molecule has 0 aliphatic rings. The van der Waals surface area contributed by atoms with E-state index in [4.69, 9.17) is 4.74 Å². The molecule has 0 spiro atoms. The molecule has 0 fully saturated rings. The summed E-state index contributed by atoms with van der Waals surface area (Å²) in [5, 5.41) is 0. The van der Waals surface area contributed by atoms with Crippen molar-refractivity contribution in [3.63, 3.8) is 0 Å². The van der Waals surface area contributed by atoms with E-state index in [1.54, 1.807) is 0 Å². The molecule has 24 heavy (non-hydrogen) atoms. The van der Waals surface area contributed by atoms with Crippen LogP contribution in [-0.4, -0.2) is 13.2 Å². The zero-order valence-electron chi connectivity index (χ0n) is 17.4. The molecule has 0 radical (unpaired) electrons. The topological polar surface area (TPSA) is 9.23 Å². The molecule has 0 unspecified atom stereocenters. The second kappa shape index (κ2) is 21.0. The number of rotatable bonds is 20. The maximum atomic E-state index is 5.62. The van der Waals surface area contributed by atoms with Crippen molar-refractivity contribution >= 4 is 0 Å². The third kappa shape index (κ3) is 22.0. The second-order valence-electron chi connectivity index (χ2n) is 8.13. The van der Waals surface area contributed by atoms with Crippen molar-refractivity contribution in [1.82, 2.24) is 0 Å². The molecule has 0 saturated carbocycles. The zero-order chi connectivity index (χ0) is 17.7. The zero-order valence-corrected chi connectivity index (χ0v) is 17.4. The highest BCUT2D eigenvalue weighted by atomic mass is 16.5. The lowest BCUT2D eigenvalue weighted by atomic mass is 10.0. The maximum absolute atomic E-state index is 5.62. The molecule has 0 atom stereocenters. The smallest absolute Gasteiger partial charge is 0.0488 e. The summed E-state index contributed by atoms with van der Waals surface area (Å²) in [7, 11) is 0. The van der Waals surface area contributed by atoms with Gasteiger partial charge in [0.15, 0.2) is 0 Å². The van der Waals surface area contributed by atoms with Crippen LogP contribution in [0.25, 0.3) is 0 Å². The predicted octanol–water partition coefficient (Wildman–Crippen LogP) is 8.31. The molecule has 0 saturated heterocycles. The van der Waals surface area contributed by atoms with Crippen LogP contribution in [0.5, 0.6) is 0 Å². The fourth-order valence-electron chi connectivity index (χ4n) is 3.25. The number of hydrogen-bond donors (Lipinski definition) is 0. The molecule has 0 amide bonds. The van der Waals surface area contributed by atoms with Gasteiger partial charge in [-0.1, -0.05) is 124 Å². The molecule has 0 bridgehead atoms. The normalized spacial score (nSPS) is 11.5. The van der Waals surface area contributed by atoms with Crippen LogP contribution in [0.15, 0.2) is 0 Å². The highest BCUT2D eigenvalue weighted by molar-refractivity contribution is 4.50. The summed E-state index contributed by atoms with van der Waals surface area (Å²) < 4.78 is 5.62. The van der Waals surface area contributed by atoms with E-state index in [-0.39, 0.29) is 0 Å². The van der Waals surface area contributed by atoms with Crippen LogP contribution in [0.4, 0.5) is 0 Å². The maximum Gasteiger partial charge on any atom is 0.0488 e. The average Bonchev–Trinajstić information content (AvgIpc) is 2.56. The van der Waals surface area contributed by atoms with Gasteiger partial charge in [-0.25, -0.2) is 0 Å². The molecule has 1 heteroatoms. The van der Waals surface area contributed by atoms with Crippen molar-refractivity contribution < 1.29 is 4.74 Å². The quantitative estimate of drug-likeness (QED) is 0.202. The number of ether oxygens (including phenoxy) is 1. The molecule has 0 rings (SSSR count). The van der Waals surface area contributed by atoms with Crippen molar-refractivity contribution in [3.8, 4) is 0 Å². The molecule has 0 N–H and O–H groups in total. The van der Waals surface area contributed by atoms with Gasteiger partial charge < -0.3 is 4.74 Å². The van der Waals surface area contributed by atoms with Crippen LogP contribution in [0, 0.1) is 5.92 Å². The summed E-state index contributed by atoms with van der Waals surface area (Å²) in [5.74, 6) is 0.677. The van der Waals surface area contributed by atoms with Crippen molar-refractivity contribution in [1.29, 1.82) is 0 Å². The van der Waals surface area contributed by atoms with Crippen molar-refractivity contribution in [2.75, 3.05) is 13.2 Å². The molecule has 0 aromatic heterocycles. The molecule has 0 heterocycles. The summed E-state index contributed by atoms with van der Waals surface area (Å²) in [6.07, 6.45) is 24.4. The highest BCUT2D eigenvalue weighted by Crippen LogP contribution is 2.14. The van der Waals surface area contributed by atoms with E-state index < -0.39 is 0 Å². The Bertz CT molecular complexity index is 212. The van der Waals surface area contributed by atoms with Crippen LogP contribution < -0.4 is 0 Å². The largest absolute Gasteiger partial charge is 0.381 e. The van der Waals surface area contributed by atoms with Gasteiger partial charge in [-0.2, -0.15) is 0 Å². The van der Waals surface area contributed by atoms with Crippen LogP contribution in [0.2, 0.25) is 0 Å². The molecular formula is C23H48O. The first-order chi connectivity index (χ1) is 11.8. The van der Waals surface area contributed by atoms with Gasteiger partial charge in [-0.05, 0) is 12.3 Å². The lowest BCUT2D eigenvalue weighted by molar-refractivity contribution is 0.106. The molecule has 0 aliphatic carbocycles. The monoisotopic (exact) mass is 340 g/mol. The van der Waals surface area contributed by atoms with Crippen LogP contribution in [-0.2, 0) is 4.74 Å². The van der Waals surface area contributed by atoms with Crippen LogP contribution >= 0.6 is 0 Å². The van der Waals surface area contributed by atoms with Gasteiger partial charge in [0.2, 0.25) is 0 Å². The summed E-state index contributed by atoms with van der Waals surface area (Å²) in [4.78, 5) is 0. The first kappa shape index (κ1) is 24.0. The Labute approximate surface area is 154 Å². The lowest BCUT2D eigenvalue weighted by Crippen LogP contribution is -2.02. The van der Waals surface area contributed by atoms with E-state index in [0.29, 0.717) is 5.92 Å². The Morgan fingerprint density at radius 3 is 1.17 bits per heavy atom.